The van der Waals surface area contributed by atoms with Gasteiger partial charge in [-0.2, -0.15) is 5.10 Å². The average molecular weight is 324 g/mol. The molecule has 3 aromatic rings. The standard InChI is InChI=1S/C17H20N6O/c1-13-8-15-11-22(6-7-23(15)20-13)17(24)16(21-4-2-3-5-21)9-14-10-18-12-19-14/h2-5,8,10,12,16H,6-7,9,11H2,1H3,(H,18,19). The lowest BCUT2D eigenvalue weighted by molar-refractivity contribution is -0.136. The van der Waals surface area contributed by atoms with Gasteiger partial charge in [0.15, 0.2) is 0 Å². The molecule has 1 amide bonds. The van der Waals surface area contributed by atoms with Crippen molar-refractivity contribution < 1.29 is 4.79 Å². The van der Waals surface area contributed by atoms with Crippen LogP contribution in [0.1, 0.15) is 23.1 Å². The number of rotatable bonds is 4. The summed E-state index contributed by atoms with van der Waals surface area (Å²) in [6.07, 6.45) is 7.91. The maximum absolute atomic E-state index is 13.2. The van der Waals surface area contributed by atoms with Gasteiger partial charge in [-0.25, -0.2) is 4.98 Å². The zero-order valence-electron chi connectivity index (χ0n) is 13.6. The van der Waals surface area contributed by atoms with E-state index >= 15 is 0 Å². The van der Waals surface area contributed by atoms with Crippen LogP contribution in [-0.2, 0) is 24.3 Å². The maximum Gasteiger partial charge on any atom is 0.246 e. The Hall–Kier alpha value is -2.83. The third-order valence-corrected chi connectivity index (χ3v) is 4.47. The van der Waals surface area contributed by atoms with Crippen LogP contribution in [0.4, 0.5) is 0 Å². The number of aromatic amines is 1. The number of aromatic nitrogens is 5. The van der Waals surface area contributed by atoms with E-state index in [1.807, 2.05) is 45.6 Å². The summed E-state index contributed by atoms with van der Waals surface area (Å²) in [5.74, 6) is 0.130. The first-order valence-electron chi connectivity index (χ1n) is 8.12. The van der Waals surface area contributed by atoms with Crippen LogP contribution in [0.2, 0.25) is 0 Å². The summed E-state index contributed by atoms with van der Waals surface area (Å²) in [6.45, 7) is 4.03. The predicted octanol–water partition coefficient (Wildman–Crippen LogP) is 1.54. The molecular weight excluding hydrogens is 304 g/mol. The molecule has 0 fully saturated rings. The second-order valence-electron chi connectivity index (χ2n) is 6.19. The monoisotopic (exact) mass is 324 g/mol. The minimum absolute atomic E-state index is 0.130. The van der Waals surface area contributed by atoms with Crippen molar-refractivity contribution >= 4 is 5.91 Å². The Morgan fingerprint density at radius 3 is 2.92 bits per heavy atom. The van der Waals surface area contributed by atoms with Gasteiger partial charge in [-0.15, -0.1) is 0 Å². The van der Waals surface area contributed by atoms with Crippen molar-refractivity contribution in [3.63, 3.8) is 0 Å². The quantitative estimate of drug-likeness (QED) is 0.791. The molecule has 0 radical (unpaired) electrons. The molecule has 24 heavy (non-hydrogen) atoms. The summed E-state index contributed by atoms with van der Waals surface area (Å²) in [5.41, 5.74) is 3.05. The highest BCUT2D eigenvalue weighted by Gasteiger charge is 2.29. The van der Waals surface area contributed by atoms with Crippen molar-refractivity contribution in [1.82, 2.24) is 29.2 Å². The molecule has 0 bridgehead atoms. The zero-order chi connectivity index (χ0) is 16.5. The van der Waals surface area contributed by atoms with Crippen molar-refractivity contribution in [2.24, 2.45) is 0 Å². The van der Waals surface area contributed by atoms with Crippen LogP contribution >= 0.6 is 0 Å². The molecule has 3 aromatic heterocycles. The zero-order valence-corrected chi connectivity index (χ0v) is 13.6. The topological polar surface area (TPSA) is 71.7 Å². The van der Waals surface area contributed by atoms with Crippen LogP contribution in [0.3, 0.4) is 0 Å². The Balaban J connectivity index is 1.57. The van der Waals surface area contributed by atoms with E-state index in [2.05, 4.69) is 21.1 Å². The highest BCUT2D eigenvalue weighted by Crippen LogP contribution is 2.21. The summed E-state index contributed by atoms with van der Waals surface area (Å²) in [4.78, 5) is 22.3. The second kappa shape index (κ2) is 5.99. The molecule has 1 aliphatic rings. The molecule has 1 unspecified atom stereocenters. The Bertz CT molecular complexity index is 818. The van der Waals surface area contributed by atoms with Crippen molar-refractivity contribution in [2.75, 3.05) is 6.54 Å². The molecule has 0 aliphatic carbocycles. The molecule has 4 rings (SSSR count). The number of imidazole rings is 1. The van der Waals surface area contributed by atoms with Crippen molar-refractivity contribution in [3.8, 4) is 0 Å². The number of carbonyl (C=O) groups excluding carboxylic acids is 1. The number of aryl methyl sites for hydroxylation is 1. The number of fused-ring (bicyclic) bond motifs is 1. The molecule has 7 nitrogen and oxygen atoms in total. The van der Waals surface area contributed by atoms with E-state index in [0.717, 1.165) is 23.6 Å². The van der Waals surface area contributed by atoms with Crippen LogP contribution in [0.5, 0.6) is 0 Å². The summed E-state index contributed by atoms with van der Waals surface area (Å²) >= 11 is 0. The van der Waals surface area contributed by atoms with Crippen LogP contribution in [0.15, 0.2) is 43.1 Å². The number of carbonyl (C=O) groups is 1. The molecule has 0 aromatic carbocycles. The Kier molecular flexibility index (Phi) is 3.68. The van der Waals surface area contributed by atoms with Gasteiger partial charge >= 0.3 is 0 Å². The molecule has 1 N–H and O–H groups in total. The van der Waals surface area contributed by atoms with Gasteiger partial charge in [-0.3, -0.25) is 9.48 Å². The highest BCUT2D eigenvalue weighted by atomic mass is 16.2. The Labute approximate surface area is 139 Å². The lowest BCUT2D eigenvalue weighted by Crippen LogP contribution is -2.42. The van der Waals surface area contributed by atoms with Crippen molar-refractivity contribution in [2.45, 2.75) is 32.5 Å². The first-order chi connectivity index (χ1) is 11.7. The van der Waals surface area contributed by atoms with E-state index in [1.54, 1.807) is 12.5 Å². The Morgan fingerprint density at radius 2 is 2.17 bits per heavy atom. The molecular formula is C17H20N6O. The number of nitrogens with zero attached hydrogens (tertiary/aromatic N) is 5. The normalized spacial score (nSPS) is 15.3. The van der Waals surface area contributed by atoms with Crippen molar-refractivity contribution in [1.29, 1.82) is 0 Å². The van der Waals surface area contributed by atoms with Gasteiger partial charge in [0, 0.05) is 37.3 Å². The highest BCUT2D eigenvalue weighted by molar-refractivity contribution is 5.81. The average Bonchev–Trinajstić information content (AvgIpc) is 3.31. The lowest BCUT2D eigenvalue weighted by atomic mass is 10.1. The third kappa shape index (κ3) is 2.73. The summed E-state index contributed by atoms with van der Waals surface area (Å²) in [6, 6.07) is 5.68. The summed E-state index contributed by atoms with van der Waals surface area (Å²) < 4.78 is 3.97. The van der Waals surface area contributed by atoms with E-state index < -0.39 is 0 Å². The molecule has 1 atom stereocenters. The van der Waals surface area contributed by atoms with E-state index in [1.165, 1.54) is 0 Å². The smallest absolute Gasteiger partial charge is 0.246 e. The fraction of sp³-hybridized carbons (Fsp3) is 0.353. The van der Waals surface area contributed by atoms with Crippen LogP contribution in [0, 0.1) is 6.92 Å². The van der Waals surface area contributed by atoms with Gasteiger partial charge in [0.05, 0.1) is 30.8 Å². The molecule has 124 valence electrons. The van der Waals surface area contributed by atoms with Gasteiger partial charge in [0.2, 0.25) is 5.91 Å². The van der Waals surface area contributed by atoms with Crippen LogP contribution in [0.25, 0.3) is 0 Å². The maximum atomic E-state index is 13.2. The van der Waals surface area contributed by atoms with Crippen LogP contribution < -0.4 is 0 Å². The molecule has 4 heterocycles. The number of nitrogens with one attached hydrogen (secondary N) is 1. The van der Waals surface area contributed by atoms with E-state index in [9.17, 15) is 4.79 Å². The fourth-order valence-electron chi connectivity index (χ4n) is 3.29. The second-order valence-corrected chi connectivity index (χ2v) is 6.19. The minimum atomic E-state index is -0.268. The fourth-order valence-corrected chi connectivity index (χ4v) is 3.29. The predicted molar refractivity (Wildman–Crippen MR) is 88.1 cm³/mol. The number of H-pyrrole nitrogens is 1. The van der Waals surface area contributed by atoms with Crippen LogP contribution in [-0.4, -0.2) is 41.7 Å². The van der Waals surface area contributed by atoms with Gasteiger partial charge in [-0.1, -0.05) is 0 Å². The lowest BCUT2D eigenvalue weighted by Gasteiger charge is -2.31. The Morgan fingerprint density at radius 1 is 1.33 bits per heavy atom. The van der Waals surface area contributed by atoms with E-state index in [0.29, 0.717) is 19.5 Å². The van der Waals surface area contributed by atoms with E-state index in [4.69, 9.17) is 0 Å². The molecule has 1 aliphatic heterocycles. The third-order valence-electron chi connectivity index (χ3n) is 4.47. The molecule has 0 spiro atoms. The first-order valence-corrected chi connectivity index (χ1v) is 8.12. The van der Waals surface area contributed by atoms with Crippen molar-refractivity contribution in [3.05, 3.63) is 60.2 Å². The summed E-state index contributed by atoms with van der Waals surface area (Å²) in [5, 5.41) is 4.46. The number of amides is 1. The minimum Gasteiger partial charge on any atom is -0.348 e. The number of hydrogen-bond acceptors (Lipinski definition) is 3. The number of hydrogen-bond donors (Lipinski definition) is 1. The van der Waals surface area contributed by atoms with Gasteiger partial charge in [0.1, 0.15) is 6.04 Å². The molecule has 7 heteroatoms. The molecule has 0 saturated heterocycles. The summed E-state index contributed by atoms with van der Waals surface area (Å²) in [7, 11) is 0. The van der Waals surface area contributed by atoms with Gasteiger partial charge in [-0.05, 0) is 25.1 Å². The first kappa shape index (κ1) is 14.7. The van der Waals surface area contributed by atoms with Gasteiger partial charge in [0.25, 0.3) is 0 Å². The molecule has 0 saturated carbocycles. The van der Waals surface area contributed by atoms with Gasteiger partial charge < -0.3 is 14.5 Å². The SMILES string of the molecule is Cc1cc2n(n1)CCN(C(=O)C(Cc1cnc[nH]1)n1cccc1)C2. The largest absolute Gasteiger partial charge is 0.348 e. The van der Waals surface area contributed by atoms with E-state index in [-0.39, 0.29) is 11.9 Å².